The smallest absolute Gasteiger partial charge is 0.191 e. The molecule has 136 valence electrons. The molecule has 2 aromatic rings. The summed E-state index contributed by atoms with van der Waals surface area (Å²) in [5.74, 6) is 1.63. The van der Waals surface area contributed by atoms with E-state index in [-0.39, 0.29) is 5.41 Å². The minimum Gasteiger partial charge on any atom is -0.492 e. The lowest BCUT2D eigenvalue weighted by molar-refractivity contribution is 0.321. The first-order valence-corrected chi connectivity index (χ1v) is 8.55. The second kappa shape index (κ2) is 8.55. The van der Waals surface area contributed by atoms with Gasteiger partial charge in [-0.2, -0.15) is 5.10 Å². The fraction of sp³-hybridized carbons (Fsp3) is 0.474. The minimum atomic E-state index is 0.159. The first kappa shape index (κ1) is 18.8. The molecule has 0 aliphatic rings. The van der Waals surface area contributed by atoms with Gasteiger partial charge in [-0.25, -0.2) is 0 Å². The average molecular weight is 343 g/mol. The second-order valence-corrected chi connectivity index (χ2v) is 6.92. The molecule has 2 rings (SSSR count). The van der Waals surface area contributed by atoms with Crippen LogP contribution in [0.1, 0.15) is 32.0 Å². The van der Waals surface area contributed by atoms with E-state index < -0.39 is 0 Å². The molecule has 0 saturated heterocycles. The summed E-state index contributed by atoms with van der Waals surface area (Å²) in [5, 5.41) is 10.6. The largest absolute Gasteiger partial charge is 0.492 e. The highest BCUT2D eigenvalue weighted by Gasteiger charge is 2.12. The summed E-state index contributed by atoms with van der Waals surface area (Å²) >= 11 is 0. The molecular weight excluding hydrogens is 314 g/mol. The van der Waals surface area contributed by atoms with Crippen molar-refractivity contribution in [3.05, 3.63) is 47.8 Å². The maximum absolute atomic E-state index is 5.78. The van der Waals surface area contributed by atoms with Gasteiger partial charge in [-0.15, -0.1) is 0 Å². The van der Waals surface area contributed by atoms with Crippen molar-refractivity contribution in [1.29, 1.82) is 0 Å². The summed E-state index contributed by atoms with van der Waals surface area (Å²) in [5.41, 5.74) is 2.56. The molecule has 1 aromatic carbocycles. The van der Waals surface area contributed by atoms with Gasteiger partial charge in [0.25, 0.3) is 0 Å². The minimum absolute atomic E-state index is 0.159. The summed E-state index contributed by atoms with van der Waals surface area (Å²) in [6.45, 7) is 8.53. The normalized spacial score (nSPS) is 12.1. The van der Waals surface area contributed by atoms with Crippen LogP contribution in [0.15, 0.2) is 41.5 Å². The maximum Gasteiger partial charge on any atom is 0.191 e. The Morgan fingerprint density at radius 1 is 1.16 bits per heavy atom. The Morgan fingerprint density at radius 3 is 2.44 bits per heavy atom. The Labute approximate surface area is 150 Å². The molecule has 6 heteroatoms. The number of rotatable bonds is 6. The Bertz CT molecular complexity index is 683. The number of aliphatic imine (C=N–C) groups is 1. The summed E-state index contributed by atoms with van der Waals surface area (Å²) in [7, 11) is 3.68. The van der Waals surface area contributed by atoms with Crippen molar-refractivity contribution in [2.45, 2.75) is 32.7 Å². The maximum atomic E-state index is 5.78. The molecule has 0 amide bonds. The van der Waals surface area contributed by atoms with Gasteiger partial charge in [0.15, 0.2) is 5.96 Å². The van der Waals surface area contributed by atoms with E-state index in [0.29, 0.717) is 19.7 Å². The van der Waals surface area contributed by atoms with Gasteiger partial charge in [-0.3, -0.25) is 9.67 Å². The van der Waals surface area contributed by atoms with Crippen molar-refractivity contribution in [3.63, 3.8) is 0 Å². The van der Waals surface area contributed by atoms with E-state index in [0.717, 1.165) is 17.4 Å². The van der Waals surface area contributed by atoms with Crippen molar-refractivity contribution < 1.29 is 4.74 Å². The van der Waals surface area contributed by atoms with Crippen LogP contribution in [0.25, 0.3) is 0 Å². The molecule has 1 heterocycles. The van der Waals surface area contributed by atoms with E-state index in [1.165, 1.54) is 5.56 Å². The predicted molar refractivity (Wildman–Crippen MR) is 102 cm³/mol. The van der Waals surface area contributed by atoms with Gasteiger partial charge in [0, 0.05) is 20.3 Å². The van der Waals surface area contributed by atoms with Crippen molar-refractivity contribution >= 4 is 5.96 Å². The standard InChI is InChI=1S/C19H29N5O/c1-19(2,3)15-6-8-17(9-7-15)25-13-12-21-18(20-4)22-14-16-10-11-23-24(16)5/h6-11H,12-14H2,1-5H3,(H2,20,21,22). The Hall–Kier alpha value is -2.50. The van der Waals surface area contributed by atoms with Gasteiger partial charge in [-0.05, 0) is 29.2 Å². The molecule has 0 fully saturated rings. The zero-order valence-electron chi connectivity index (χ0n) is 15.8. The molecule has 0 atom stereocenters. The Balaban J connectivity index is 1.71. The number of hydrogen-bond acceptors (Lipinski definition) is 3. The number of aryl methyl sites for hydroxylation is 1. The number of guanidine groups is 1. The summed E-state index contributed by atoms with van der Waals surface area (Å²) in [6.07, 6.45) is 1.78. The Morgan fingerprint density at radius 2 is 1.88 bits per heavy atom. The third-order valence-electron chi connectivity index (χ3n) is 3.97. The lowest BCUT2D eigenvalue weighted by Crippen LogP contribution is -2.39. The summed E-state index contributed by atoms with van der Waals surface area (Å²) in [6, 6.07) is 10.3. The average Bonchev–Trinajstić information content (AvgIpc) is 2.99. The highest BCUT2D eigenvalue weighted by molar-refractivity contribution is 5.79. The molecular formula is C19H29N5O. The van der Waals surface area contributed by atoms with Crippen LogP contribution in [0.4, 0.5) is 0 Å². The summed E-state index contributed by atoms with van der Waals surface area (Å²) in [4.78, 5) is 4.21. The molecule has 1 aromatic heterocycles. The number of benzene rings is 1. The van der Waals surface area contributed by atoms with Crippen LogP contribution >= 0.6 is 0 Å². The molecule has 0 radical (unpaired) electrons. The molecule has 0 saturated carbocycles. The van der Waals surface area contributed by atoms with Crippen molar-refractivity contribution in [3.8, 4) is 5.75 Å². The second-order valence-electron chi connectivity index (χ2n) is 6.92. The van der Waals surface area contributed by atoms with Crippen LogP contribution in [0.5, 0.6) is 5.75 Å². The predicted octanol–water partition coefficient (Wildman–Crippen LogP) is 2.46. The van der Waals surface area contributed by atoms with Gasteiger partial charge in [0.1, 0.15) is 12.4 Å². The van der Waals surface area contributed by atoms with Gasteiger partial charge >= 0.3 is 0 Å². The molecule has 6 nitrogen and oxygen atoms in total. The molecule has 0 spiro atoms. The van der Waals surface area contributed by atoms with Crippen LogP contribution in [0.3, 0.4) is 0 Å². The molecule has 0 aliphatic heterocycles. The number of hydrogen-bond donors (Lipinski definition) is 2. The van der Waals surface area contributed by atoms with E-state index in [9.17, 15) is 0 Å². The highest BCUT2D eigenvalue weighted by Crippen LogP contribution is 2.24. The topological polar surface area (TPSA) is 63.5 Å². The number of ether oxygens (including phenoxy) is 1. The lowest BCUT2D eigenvalue weighted by Gasteiger charge is -2.19. The van der Waals surface area contributed by atoms with Crippen molar-refractivity contribution in [2.75, 3.05) is 20.2 Å². The van der Waals surface area contributed by atoms with Crippen LogP contribution in [0, 0.1) is 0 Å². The first-order chi connectivity index (χ1) is 11.9. The molecule has 0 bridgehead atoms. The van der Waals surface area contributed by atoms with Crippen LogP contribution in [-0.4, -0.2) is 35.9 Å². The van der Waals surface area contributed by atoms with Crippen LogP contribution in [0.2, 0.25) is 0 Å². The van der Waals surface area contributed by atoms with Crippen molar-refractivity contribution in [2.24, 2.45) is 12.0 Å². The lowest BCUT2D eigenvalue weighted by atomic mass is 9.87. The zero-order chi connectivity index (χ0) is 18.3. The Kier molecular flexibility index (Phi) is 6.44. The van der Waals surface area contributed by atoms with Gasteiger partial charge < -0.3 is 15.4 Å². The SMILES string of the molecule is CN=C(NCCOc1ccc(C(C)(C)C)cc1)NCc1ccnn1C. The zero-order valence-corrected chi connectivity index (χ0v) is 15.8. The molecule has 0 unspecified atom stereocenters. The van der Waals surface area contributed by atoms with E-state index in [2.05, 4.69) is 53.6 Å². The third kappa shape index (κ3) is 5.81. The van der Waals surface area contributed by atoms with Crippen LogP contribution in [-0.2, 0) is 19.0 Å². The fourth-order valence-corrected chi connectivity index (χ4v) is 2.36. The first-order valence-electron chi connectivity index (χ1n) is 8.55. The van der Waals surface area contributed by atoms with Crippen molar-refractivity contribution in [1.82, 2.24) is 20.4 Å². The number of nitrogens with one attached hydrogen (secondary N) is 2. The van der Waals surface area contributed by atoms with E-state index in [1.807, 2.05) is 29.9 Å². The molecule has 0 aliphatic carbocycles. The molecule has 2 N–H and O–H groups in total. The summed E-state index contributed by atoms with van der Waals surface area (Å²) < 4.78 is 7.62. The monoisotopic (exact) mass is 343 g/mol. The van der Waals surface area contributed by atoms with E-state index in [4.69, 9.17) is 4.74 Å². The van der Waals surface area contributed by atoms with Gasteiger partial charge in [0.2, 0.25) is 0 Å². The number of nitrogens with zero attached hydrogens (tertiary/aromatic N) is 3. The number of aromatic nitrogens is 2. The van der Waals surface area contributed by atoms with Gasteiger partial charge in [-0.1, -0.05) is 32.9 Å². The van der Waals surface area contributed by atoms with Crippen LogP contribution < -0.4 is 15.4 Å². The van der Waals surface area contributed by atoms with E-state index in [1.54, 1.807) is 13.2 Å². The third-order valence-corrected chi connectivity index (χ3v) is 3.97. The van der Waals surface area contributed by atoms with E-state index >= 15 is 0 Å². The quantitative estimate of drug-likeness (QED) is 0.480. The fourth-order valence-electron chi connectivity index (χ4n) is 2.36. The van der Waals surface area contributed by atoms with Gasteiger partial charge in [0.05, 0.1) is 18.8 Å². The molecule has 25 heavy (non-hydrogen) atoms. The highest BCUT2D eigenvalue weighted by atomic mass is 16.5.